The zero-order valence-corrected chi connectivity index (χ0v) is 10.8. The number of ether oxygens (including phenoxy) is 2. The molecule has 1 aliphatic carbocycles. The number of benzene rings is 1. The molecule has 0 saturated heterocycles. The van der Waals surface area contributed by atoms with Crippen LogP contribution in [0, 0.1) is 0 Å². The molecule has 3 rings (SSSR count). The second-order valence-corrected chi connectivity index (χ2v) is 4.65. The first-order valence-electron chi connectivity index (χ1n) is 6.33. The molecule has 0 atom stereocenters. The highest BCUT2D eigenvalue weighted by Crippen LogP contribution is 2.35. The van der Waals surface area contributed by atoms with E-state index in [0.717, 1.165) is 24.2 Å². The molecule has 2 N–H and O–H groups in total. The van der Waals surface area contributed by atoms with Crippen LogP contribution in [0.4, 0.5) is 5.82 Å². The highest BCUT2D eigenvalue weighted by atomic mass is 16.5. The third-order valence-electron chi connectivity index (χ3n) is 3.32. The molecule has 1 aromatic heterocycles. The molecule has 0 aliphatic heterocycles. The third kappa shape index (κ3) is 2.36. The Morgan fingerprint density at radius 2 is 2.11 bits per heavy atom. The van der Waals surface area contributed by atoms with Crippen molar-refractivity contribution in [2.45, 2.75) is 25.4 Å². The lowest BCUT2D eigenvalue weighted by Crippen LogP contribution is -2.24. The normalized spacial score (nSPS) is 15.0. The lowest BCUT2D eigenvalue weighted by molar-refractivity contribution is 0.116. The molecule has 1 fully saturated rings. The Hall–Kier alpha value is -2.17. The highest BCUT2D eigenvalue weighted by molar-refractivity contribution is 5.64. The molecule has 1 heterocycles. The van der Waals surface area contributed by atoms with Gasteiger partial charge in [-0.25, -0.2) is 0 Å². The van der Waals surface area contributed by atoms with Crippen LogP contribution in [-0.2, 0) is 0 Å². The lowest BCUT2D eigenvalue weighted by Gasteiger charge is -2.27. The number of nitrogen functional groups attached to an aromatic ring is 1. The van der Waals surface area contributed by atoms with Crippen molar-refractivity contribution in [2.24, 2.45) is 0 Å². The van der Waals surface area contributed by atoms with Crippen LogP contribution in [-0.4, -0.2) is 18.4 Å². The van der Waals surface area contributed by atoms with Crippen molar-refractivity contribution in [3.8, 4) is 22.8 Å². The molecule has 2 aromatic rings. The molecule has 0 spiro atoms. The first-order valence-corrected chi connectivity index (χ1v) is 6.33. The molecule has 0 amide bonds. The Morgan fingerprint density at radius 1 is 1.26 bits per heavy atom. The van der Waals surface area contributed by atoms with Crippen molar-refractivity contribution in [1.29, 1.82) is 0 Å². The number of methoxy groups -OCH3 is 1. The summed E-state index contributed by atoms with van der Waals surface area (Å²) in [5.41, 5.74) is 6.41. The van der Waals surface area contributed by atoms with E-state index in [4.69, 9.17) is 19.7 Å². The minimum atomic E-state index is 0.320. The van der Waals surface area contributed by atoms with Gasteiger partial charge in [0, 0.05) is 11.6 Å². The van der Waals surface area contributed by atoms with Crippen LogP contribution >= 0.6 is 0 Å². The Balaban J connectivity index is 1.87. The van der Waals surface area contributed by atoms with Gasteiger partial charge in [0.25, 0.3) is 0 Å². The van der Waals surface area contributed by atoms with E-state index in [1.807, 2.05) is 18.2 Å². The maximum absolute atomic E-state index is 5.87. The summed E-state index contributed by atoms with van der Waals surface area (Å²) in [6, 6.07) is 7.36. The predicted octanol–water partition coefficient (Wildman–Crippen LogP) is 2.86. The molecule has 1 saturated carbocycles. The molecule has 100 valence electrons. The van der Waals surface area contributed by atoms with Gasteiger partial charge < -0.3 is 19.7 Å². The maximum Gasteiger partial charge on any atom is 0.169 e. The van der Waals surface area contributed by atoms with Crippen molar-refractivity contribution >= 4 is 5.82 Å². The molecular formula is C14H16N2O3. The Kier molecular flexibility index (Phi) is 3.03. The van der Waals surface area contributed by atoms with E-state index in [1.54, 1.807) is 13.2 Å². The summed E-state index contributed by atoms with van der Waals surface area (Å²) in [6.07, 6.45) is 3.79. The second-order valence-electron chi connectivity index (χ2n) is 4.65. The van der Waals surface area contributed by atoms with Gasteiger partial charge in [-0.05, 0) is 37.5 Å². The number of aromatic nitrogens is 1. The van der Waals surface area contributed by atoms with Crippen LogP contribution in [0.3, 0.4) is 0 Å². The van der Waals surface area contributed by atoms with Gasteiger partial charge >= 0.3 is 0 Å². The molecule has 5 heteroatoms. The smallest absolute Gasteiger partial charge is 0.169 e. The number of nitrogens with zero attached hydrogens (tertiary/aromatic N) is 1. The van der Waals surface area contributed by atoms with Gasteiger partial charge in [0.05, 0.1) is 13.2 Å². The molecule has 1 aliphatic rings. The first-order chi connectivity index (χ1) is 9.26. The van der Waals surface area contributed by atoms with Crippen LogP contribution in [0.2, 0.25) is 0 Å². The molecule has 1 aromatic carbocycles. The van der Waals surface area contributed by atoms with E-state index < -0.39 is 0 Å². The monoisotopic (exact) mass is 260 g/mol. The van der Waals surface area contributed by atoms with Gasteiger partial charge in [-0.15, -0.1) is 0 Å². The van der Waals surface area contributed by atoms with Crippen molar-refractivity contribution in [3.63, 3.8) is 0 Å². The fraction of sp³-hybridized carbons (Fsp3) is 0.357. The van der Waals surface area contributed by atoms with E-state index in [1.165, 1.54) is 6.42 Å². The summed E-state index contributed by atoms with van der Waals surface area (Å²) in [5, 5.41) is 3.67. The Labute approximate surface area is 111 Å². The average molecular weight is 260 g/mol. The largest absolute Gasteiger partial charge is 0.493 e. The van der Waals surface area contributed by atoms with Gasteiger partial charge in [0.15, 0.2) is 23.1 Å². The standard InChI is InChI=1S/C14H16N2O3/c1-17-13-7-9(12-8-14(15)16-19-12)5-6-11(13)18-10-3-2-4-10/h5-8,10H,2-4H2,1H3,(H2,15,16). The fourth-order valence-corrected chi connectivity index (χ4v) is 2.01. The fourth-order valence-electron chi connectivity index (χ4n) is 2.01. The summed E-state index contributed by atoms with van der Waals surface area (Å²) in [6.45, 7) is 0. The number of rotatable bonds is 4. The van der Waals surface area contributed by atoms with E-state index in [0.29, 0.717) is 23.4 Å². The maximum atomic E-state index is 5.87. The van der Waals surface area contributed by atoms with Crippen LogP contribution in [0.1, 0.15) is 19.3 Å². The molecule has 5 nitrogen and oxygen atoms in total. The summed E-state index contributed by atoms with van der Waals surface area (Å²) in [5.74, 6) is 2.44. The van der Waals surface area contributed by atoms with Crippen molar-refractivity contribution in [3.05, 3.63) is 24.3 Å². The van der Waals surface area contributed by atoms with E-state index in [-0.39, 0.29) is 0 Å². The van der Waals surface area contributed by atoms with E-state index in [9.17, 15) is 0 Å². The van der Waals surface area contributed by atoms with Gasteiger partial charge in [0.2, 0.25) is 0 Å². The number of nitrogens with two attached hydrogens (primary N) is 1. The van der Waals surface area contributed by atoms with Crippen molar-refractivity contribution in [2.75, 3.05) is 12.8 Å². The van der Waals surface area contributed by atoms with Crippen LogP contribution in [0.15, 0.2) is 28.8 Å². The van der Waals surface area contributed by atoms with Crippen LogP contribution < -0.4 is 15.2 Å². The third-order valence-corrected chi connectivity index (χ3v) is 3.32. The predicted molar refractivity (Wildman–Crippen MR) is 71.2 cm³/mol. The lowest BCUT2D eigenvalue weighted by atomic mass is 9.96. The zero-order chi connectivity index (χ0) is 13.2. The minimum absolute atomic E-state index is 0.320. The summed E-state index contributed by atoms with van der Waals surface area (Å²) in [7, 11) is 1.63. The SMILES string of the molecule is COc1cc(-c2cc(N)no2)ccc1OC1CCC1. The summed E-state index contributed by atoms with van der Waals surface area (Å²) < 4.78 is 16.4. The molecule has 0 bridgehead atoms. The number of anilines is 1. The molecule has 19 heavy (non-hydrogen) atoms. The molecule has 0 unspecified atom stereocenters. The van der Waals surface area contributed by atoms with E-state index in [2.05, 4.69) is 5.16 Å². The quantitative estimate of drug-likeness (QED) is 0.915. The van der Waals surface area contributed by atoms with Gasteiger partial charge in [-0.1, -0.05) is 5.16 Å². The van der Waals surface area contributed by atoms with Gasteiger partial charge in [-0.2, -0.15) is 0 Å². The highest BCUT2D eigenvalue weighted by Gasteiger charge is 2.21. The average Bonchev–Trinajstić information content (AvgIpc) is 2.80. The number of hydrogen-bond donors (Lipinski definition) is 1. The van der Waals surface area contributed by atoms with Crippen molar-refractivity contribution < 1.29 is 14.0 Å². The number of hydrogen-bond acceptors (Lipinski definition) is 5. The molecule has 0 radical (unpaired) electrons. The summed E-state index contributed by atoms with van der Waals surface area (Å²) >= 11 is 0. The van der Waals surface area contributed by atoms with Crippen LogP contribution in [0.25, 0.3) is 11.3 Å². The zero-order valence-electron chi connectivity index (χ0n) is 10.8. The molecular weight excluding hydrogens is 244 g/mol. The summed E-state index contributed by atoms with van der Waals surface area (Å²) in [4.78, 5) is 0. The Bertz CT molecular complexity index is 576. The topological polar surface area (TPSA) is 70.5 Å². The second kappa shape index (κ2) is 4.84. The van der Waals surface area contributed by atoms with Gasteiger partial charge in [0.1, 0.15) is 0 Å². The first kappa shape index (κ1) is 11.9. The Morgan fingerprint density at radius 3 is 2.68 bits per heavy atom. The van der Waals surface area contributed by atoms with Crippen LogP contribution in [0.5, 0.6) is 11.5 Å². The van der Waals surface area contributed by atoms with Crippen molar-refractivity contribution in [1.82, 2.24) is 5.16 Å². The van der Waals surface area contributed by atoms with E-state index >= 15 is 0 Å². The van der Waals surface area contributed by atoms with Gasteiger partial charge in [-0.3, -0.25) is 0 Å². The minimum Gasteiger partial charge on any atom is -0.493 e.